The third-order valence-corrected chi connectivity index (χ3v) is 4.34. The third kappa shape index (κ3) is 10.9. The number of alkyl carbamates (subject to hydrolysis) is 2. The van der Waals surface area contributed by atoms with Crippen molar-refractivity contribution < 1.29 is 38.6 Å². The molecule has 12 nitrogen and oxygen atoms in total. The average molecular weight is 473 g/mol. The van der Waals surface area contributed by atoms with Crippen molar-refractivity contribution in [2.24, 2.45) is 0 Å². The monoisotopic (exact) mass is 472 g/mol. The molecule has 1 atom stereocenters. The van der Waals surface area contributed by atoms with E-state index in [-0.39, 0.29) is 32.6 Å². The molecule has 0 aromatic rings. The maximum atomic E-state index is 12.9. The topological polar surface area (TPSA) is 155 Å². The van der Waals surface area contributed by atoms with Crippen molar-refractivity contribution >= 4 is 30.0 Å². The van der Waals surface area contributed by atoms with Crippen molar-refractivity contribution in [3.05, 3.63) is 0 Å². The smallest absolute Gasteiger partial charge is 0.408 e. The minimum absolute atomic E-state index is 0.0654. The highest BCUT2D eigenvalue weighted by Gasteiger charge is 2.37. The standard InChI is InChI=1S/C21H36N4O8/c1-20(2,3)32-18(30)22-9-7-8-14-17(29)24(13-16(27)28)10-11-25(14)15(26)12-23-19(31)33-21(4,5)6/h14H,7-13H2,1-6H3,(H,22,30)(H,23,31)(H,27,28)/t14-/m0/s1. The highest BCUT2D eigenvalue weighted by molar-refractivity contribution is 5.92. The molecule has 1 aliphatic rings. The summed E-state index contributed by atoms with van der Waals surface area (Å²) in [6.45, 7) is 9.83. The van der Waals surface area contributed by atoms with Crippen LogP contribution in [0.5, 0.6) is 0 Å². The molecule has 0 unspecified atom stereocenters. The minimum Gasteiger partial charge on any atom is -0.480 e. The molecule has 1 fully saturated rings. The van der Waals surface area contributed by atoms with E-state index in [1.807, 2.05) is 0 Å². The second-order valence-electron chi connectivity index (χ2n) is 9.68. The van der Waals surface area contributed by atoms with Gasteiger partial charge in [-0.2, -0.15) is 0 Å². The van der Waals surface area contributed by atoms with Crippen molar-refractivity contribution in [2.75, 3.05) is 32.7 Å². The fraction of sp³-hybridized carbons (Fsp3) is 0.762. The highest BCUT2D eigenvalue weighted by atomic mass is 16.6. The van der Waals surface area contributed by atoms with Crippen LogP contribution >= 0.6 is 0 Å². The number of amides is 4. The molecule has 3 N–H and O–H groups in total. The summed E-state index contributed by atoms with van der Waals surface area (Å²) < 4.78 is 10.3. The van der Waals surface area contributed by atoms with Gasteiger partial charge in [-0.1, -0.05) is 0 Å². The molecular weight excluding hydrogens is 436 g/mol. The lowest BCUT2D eigenvalue weighted by Gasteiger charge is -2.40. The SMILES string of the molecule is CC(C)(C)OC(=O)NCCC[C@H]1C(=O)N(CC(=O)O)CCN1C(=O)CNC(=O)OC(C)(C)C. The number of carboxylic acid groups (broad SMARTS) is 1. The summed E-state index contributed by atoms with van der Waals surface area (Å²) in [7, 11) is 0. The molecule has 0 radical (unpaired) electrons. The zero-order valence-electron chi connectivity index (χ0n) is 20.2. The number of rotatable bonds is 8. The van der Waals surface area contributed by atoms with Crippen LogP contribution in [-0.2, 0) is 23.9 Å². The molecule has 0 saturated carbocycles. The molecule has 4 amide bonds. The van der Waals surface area contributed by atoms with E-state index in [0.29, 0.717) is 6.42 Å². The molecule has 1 rings (SSSR count). The Bertz CT molecular complexity index is 742. The van der Waals surface area contributed by atoms with Crippen LogP contribution in [0.4, 0.5) is 9.59 Å². The van der Waals surface area contributed by atoms with Gasteiger partial charge in [0.15, 0.2) is 0 Å². The van der Waals surface area contributed by atoms with Crippen LogP contribution in [0.2, 0.25) is 0 Å². The lowest BCUT2D eigenvalue weighted by Crippen LogP contribution is -2.60. The molecule has 1 heterocycles. The number of hydrogen-bond donors (Lipinski definition) is 3. The Balaban J connectivity index is 2.74. The van der Waals surface area contributed by atoms with E-state index in [4.69, 9.17) is 14.6 Å². The van der Waals surface area contributed by atoms with Crippen LogP contribution in [0.1, 0.15) is 54.4 Å². The molecule has 0 aromatic heterocycles. The number of carboxylic acids is 1. The van der Waals surface area contributed by atoms with Gasteiger partial charge in [-0.15, -0.1) is 0 Å². The van der Waals surface area contributed by atoms with E-state index < -0.39 is 53.8 Å². The van der Waals surface area contributed by atoms with Crippen molar-refractivity contribution in [3.63, 3.8) is 0 Å². The van der Waals surface area contributed by atoms with Crippen LogP contribution in [-0.4, -0.2) is 94.8 Å². The first-order chi connectivity index (χ1) is 15.1. The fourth-order valence-corrected chi connectivity index (χ4v) is 3.10. The Labute approximate surface area is 193 Å². The molecule has 0 bridgehead atoms. The van der Waals surface area contributed by atoms with E-state index >= 15 is 0 Å². The van der Waals surface area contributed by atoms with Gasteiger partial charge >= 0.3 is 18.2 Å². The number of nitrogens with one attached hydrogen (secondary N) is 2. The molecule has 1 aliphatic heterocycles. The number of hydrogen-bond acceptors (Lipinski definition) is 7. The quantitative estimate of drug-likeness (QED) is 0.441. The first-order valence-corrected chi connectivity index (χ1v) is 10.8. The van der Waals surface area contributed by atoms with E-state index in [9.17, 15) is 24.0 Å². The molecule has 0 spiro atoms. The number of nitrogens with zero attached hydrogens (tertiary/aromatic N) is 2. The largest absolute Gasteiger partial charge is 0.480 e. The first-order valence-electron chi connectivity index (χ1n) is 10.8. The molecule has 0 aliphatic carbocycles. The second kappa shape index (κ2) is 11.7. The van der Waals surface area contributed by atoms with E-state index in [1.54, 1.807) is 41.5 Å². The Hall–Kier alpha value is -3.05. The Kier molecular flexibility index (Phi) is 9.93. The molecule has 188 valence electrons. The van der Waals surface area contributed by atoms with Crippen molar-refractivity contribution in [1.82, 2.24) is 20.4 Å². The summed E-state index contributed by atoms with van der Waals surface area (Å²) in [6.07, 6.45) is -0.813. The van der Waals surface area contributed by atoms with E-state index in [2.05, 4.69) is 10.6 Å². The second-order valence-corrected chi connectivity index (χ2v) is 9.68. The summed E-state index contributed by atoms with van der Waals surface area (Å²) in [4.78, 5) is 62.8. The number of ether oxygens (including phenoxy) is 2. The molecular formula is C21H36N4O8. The van der Waals surface area contributed by atoms with Crippen LogP contribution in [0.3, 0.4) is 0 Å². The van der Waals surface area contributed by atoms with Gasteiger partial charge in [0.25, 0.3) is 0 Å². The predicted molar refractivity (Wildman–Crippen MR) is 117 cm³/mol. The van der Waals surface area contributed by atoms with Gasteiger partial charge < -0.3 is 35.0 Å². The molecule has 12 heteroatoms. The van der Waals surface area contributed by atoms with Gasteiger partial charge in [0, 0.05) is 19.6 Å². The van der Waals surface area contributed by atoms with Gasteiger partial charge in [-0.3, -0.25) is 14.4 Å². The lowest BCUT2D eigenvalue weighted by atomic mass is 10.0. The number of carbonyl (C=O) groups excluding carboxylic acids is 4. The summed E-state index contributed by atoms with van der Waals surface area (Å²) in [5, 5.41) is 14.0. The summed E-state index contributed by atoms with van der Waals surface area (Å²) >= 11 is 0. The summed E-state index contributed by atoms with van der Waals surface area (Å²) in [6, 6.07) is -0.911. The van der Waals surface area contributed by atoms with Gasteiger partial charge in [0.05, 0.1) is 0 Å². The molecule has 0 aromatic carbocycles. The zero-order valence-corrected chi connectivity index (χ0v) is 20.2. The predicted octanol–water partition coefficient (Wildman–Crippen LogP) is 0.940. The Morgan fingerprint density at radius 2 is 1.52 bits per heavy atom. The van der Waals surface area contributed by atoms with Gasteiger partial charge in [0.1, 0.15) is 30.3 Å². The Morgan fingerprint density at radius 1 is 0.970 bits per heavy atom. The summed E-state index contributed by atoms with van der Waals surface area (Å²) in [5.41, 5.74) is -1.37. The van der Waals surface area contributed by atoms with Crippen LogP contribution < -0.4 is 10.6 Å². The number of piperazine rings is 1. The van der Waals surface area contributed by atoms with Gasteiger partial charge in [-0.05, 0) is 54.4 Å². The van der Waals surface area contributed by atoms with E-state index in [1.165, 1.54) is 9.80 Å². The maximum Gasteiger partial charge on any atom is 0.408 e. The first kappa shape index (κ1) is 28.0. The van der Waals surface area contributed by atoms with E-state index in [0.717, 1.165) is 0 Å². The normalized spacial score (nSPS) is 16.8. The van der Waals surface area contributed by atoms with Gasteiger partial charge in [-0.25, -0.2) is 9.59 Å². The number of carbonyl (C=O) groups is 5. The van der Waals surface area contributed by atoms with Crippen molar-refractivity contribution in [3.8, 4) is 0 Å². The fourth-order valence-electron chi connectivity index (χ4n) is 3.10. The van der Waals surface area contributed by atoms with Crippen molar-refractivity contribution in [1.29, 1.82) is 0 Å². The van der Waals surface area contributed by atoms with Crippen LogP contribution in [0, 0.1) is 0 Å². The highest BCUT2D eigenvalue weighted by Crippen LogP contribution is 2.17. The van der Waals surface area contributed by atoms with Crippen LogP contribution in [0.25, 0.3) is 0 Å². The average Bonchev–Trinajstić information content (AvgIpc) is 2.62. The Morgan fingerprint density at radius 3 is 2.03 bits per heavy atom. The number of aliphatic carboxylic acids is 1. The molecule has 1 saturated heterocycles. The van der Waals surface area contributed by atoms with Crippen molar-refractivity contribution in [2.45, 2.75) is 71.6 Å². The van der Waals surface area contributed by atoms with Gasteiger partial charge in [0.2, 0.25) is 11.8 Å². The summed E-state index contributed by atoms with van der Waals surface area (Å²) in [5.74, 6) is -2.14. The molecule has 33 heavy (non-hydrogen) atoms. The zero-order chi connectivity index (χ0) is 25.4. The third-order valence-electron chi connectivity index (χ3n) is 4.34. The minimum atomic E-state index is -1.15. The maximum absolute atomic E-state index is 12.9. The van der Waals surface area contributed by atoms with Crippen LogP contribution in [0.15, 0.2) is 0 Å². The lowest BCUT2D eigenvalue weighted by molar-refractivity contribution is -0.155.